The molecule has 0 fully saturated rings. The number of phenols is 1. The zero-order valence-electron chi connectivity index (χ0n) is 9.31. The normalized spacial score (nSPS) is 10.0. The van der Waals surface area contributed by atoms with Crippen LogP contribution < -0.4 is 5.73 Å². The zero-order chi connectivity index (χ0) is 13.0. The van der Waals surface area contributed by atoms with Crippen molar-refractivity contribution in [1.29, 1.82) is 0 Å². The van der Waals surface area contributed by atoms with Crippen LogP contribution in [0, 0.1) is 0 Å². The molecule has 0 bridgehead atoms. The Morgan fingerprint density at radius 2 is 2.12 bits per heavy atom. The lowest BCUT2D eigenvalue weighted by atomic mass is 10.2. The van der Waals surface area contributed by atoms with Gasteiger partial charge in [-0.3, -0.25) is 9.59 Å². The van der Waals surface area contributed by atoms with Gasteiger partial charge in [0.2, 0.25) is 5.91 Å². The smallest absolute Gasteiger partial charge is 0.254 e. The average molecular weight is 301 g/mol. The third-order valence-corrected chi connectivity index (χ3v) is 2.88. The maximum Gasteiger partial charge on any atom is 0.254 e. The minimum atomic E-state index is -0.568. The lowest BCUT2D eigenvalue weighted by Crippen LogP contribution is -2.38. The first kappa shape index (κ1) is 13.5. The molecule has 0 radical (unpaired) electrons. The summed E-state index contributed by atoms with van der Waals surface area (Å²) in [5.74, 6) is -0.929. The number of carbonyl (C=O) groups is 2. The number of halogens is 1. The van der Waals surface area contributed by atoms with Crippen molar-refractivity contribution < 1.29 is 14.7 Å². The summed E-state index contributed by atoms with van der Waals surface area (Å²) in [6.07, 6.45) is 0. The molecule has 0 aliphatic heterocycles. The molecule has 92 valence electrons. The Balaban J connectivity index is 2.93. The Bertz CT molecular complexity index is 448. The quantitative estimate of drug-likeness (QED) is 0.873. The van der Waals surface area contributed by atoms with E-state index in [0.717, 1.165) is 0 Å². The second kappa shape index (κ2) is 5.67. The summed E-state index contributed by atoms with van der Waals surface area (Å²) in [5, 5.41) is 9.48. The number of nitrogens with zero attached hydrogens (tertiary/aromatic N) is 1. The monoisotopic (exact) mass is 300 g/mol. The van der Waals surface area contributed by atoms with E-state index in [1.165, 1.54) is 11.0 Å². The molecule has 0 atom stereocenters. The molecular formula is C11H13BrN2O3. The molecule has 5 nitrogen and oxygen atoms in total. The summed E-state index contributed by atoms with van der Waals surface area (Å²) in [7, 11) is 0. The number of aromatic hydroxyl groups is 1. The molecule has 0 unspecified atom stereocenters. The minimum Gasteiger partial charge on any atom is -0.507 e. The lowest BCUT2D eigenvalue weighted by Gasteiger charge is -2.19. The number of hydrogen-bond acceptors (Lipinski definition) is 3. The van der Waals surface area contributed by atoms with Crippen LogP contribution in [-0.4, -0.2) is 34.9 Å². The molecule has 6 heteroatoms. The standard InChI is InChI=1S/C11H13BrN2O3/c1-2-14(6-10(13)16)11(17)7-3-4-8(12)9(15)5-7/h3-5,15H,2,6H2,1H3,(H2,13,16). The van der Waals surface area contributed by atoms with Gasteiger partial charge in [-0.05, 0) is 41.1 Å². The molecule has 1 rings (SSSR count). The largest absolute Gasteiger partial charge is 0.507 e. The fraction of sp³-hybridized carbons (Fsp3) is 0.273. The van der Waals surface area contributed by atoms with Gasteiger partial charge >= 0.3 is 0 Å². The lowest BCUT2D eigenvalue weighted by molar-refractivity contribution is -0.118. The van der Waals surface area contributed by atoms with Gasteiger partial charge in [0, 0.05) is 12.1 Å². The van der Waals surface area contributed by atoms with Crippen LogP contribution in [0.2, 0.25) is 0 Å². The average Bonchev–Trinajstić information content (AvgIpc) is 2.28. The van der Waals surface area contributed by atoms with E-state index in [2.05, 4.69) is 15.9 Å². The van der Waals surface area contributed by atoms with Crippen LogP contribution in [-0.2, 0) is 4.79 Å². The Morgan fingerprint density at radius 3 is 2.59 bits per heavy atom. The summed E-state index contributed by atoms with van der Waals surface area (Å²) in [6, 6.07) is 4.48. The molecule has 0 heterocycles. The predicted molar refractivity (Wildman–Crippen MR) is 66.6 cm³/mol. The molecule has 0 saturated carbocycles. The number of hydrogen-bond donors (Lipinski definition) is 2. The van der Waals surface area contributed by atoms with E-state index < -0.39 is 5.91 Å². The number of benzene rings is 1. The van der Waals surface area contributed by atoms with Crippen LogP contribution in [0.25, 0.3) is 0 Å². The minimum absolute atomic E-state index is 0.0222. The van der Waals surface area contributed by atoms with E-state index in [1.54, 1.807) is 19.1 Å². The number of primary amides is 1. The molecule has 0 aliphatic carbocycles. The molecule has 0 aliphatic rings. The number of nitrogens with two attached hydrogens (primary N) is 1. The van der Waals surface area contributed by atoms with Gasteiger partial charge in [-0.2, -0.15) is 0 Å². The summed E-state index contributed by atoms with van der Waals surface area (Å²) in [5.41, 5.74) is 5.36. The maximum absolute atomic E-state index is 12.0. The fourth-order valence-corrected chi connectivity index (χ4v) is 1.59. The highest BCUT2D eigenvalue weighted by molar-refractivity contribution is 9.10. The summed E-state index contributed by atoms with van der Waals surface area (Å²) < 4.78 is 0.506. The Labute approximate surface area is 107 Å². The van der Waals surface area contributed by atoms with Gasteiger partial charge in [-0.1, -0.05) is 0 Å². The first-order chi connectivity index (χ1) is 7.95. The number of phenolic OH excluding ortho intramolecular Hbond substituents is 1. The van der Waals surface area contributed by atoms with Gasteiger partial charge in [0.15, 0.2) is 0 Å². The fourth-order valence-electron chi connectivity index (χ4n) is 1.34. The molecule has 0 aromatic heterocycles. The van der Waals surface area contributed by atoms with Crippen LogP contribution >= 0.6 is 15.9 Å². The van der Waals surface area contributed by atoms with E-state index in [1.807, 2.05) is 0 Å². The highest BCUT2D eigenvalue weighted by atomic mass is 79.9. The van der Waals surface area contributed by atoms with Crippen LogP contribution in [0.15, 0.2) is 22.7 Å². The van der Waals surface area contributed by atoms with Gasteiger partial charge < -0.3 is 15.7 Å². The first-order valence-corrected chi connectivity index (χ1v) is 5.81. The van der Waals surface area contributed by atoms with Crippen molar-refractivity contribution in [3.05, 3.63) is 28.2 Å². The maximum atomic E-state index is 12.0. The summed E-state index contributed by atoms with van der Waals surface area (Å²) >= 11 is 3.12. The Kier molecular flexibility index (Phi) is 4.51. The molecule has 0 saturated heterocycles. The van der Waals surface area contributed by atoms with E-state index in [0.29, 0.717) is 16.6 Å². The topological polar surface area (TPSA) is 83.6 Å². The van der Waals surface area contributed by atoms with E-state index in [-0.39, 0.29) is 18.2 Å². The number of likely N-dealkylation sites (N-methyl/N-ethyl adjacent to an activating group) is 1. The van der Waals surface area contributed by atoms with Crippen molar-refractivity contribution in [2.45, 2.75) is 6.92 Å². The first-order valence-electron chi connectivity index (χ1n) is 5.01. The van der Waals surface area contributed by atoms with Gasteiger partial charge in [-0.15, -0.1) is 0 Å². The van der Waals surface area contributed by atoms with E-state index in [9.17, 15) is 14.7 Å². The third-order valence-electron chi connectivity index (χ3n) is 2.21. The van der Waals surface area contributed by atoms with Crippen molar-refractivity contribution in [3.8, 4) is 5.75 Å². The Hall–Kier alpha value is -1.56. The summed E-state index contributed by atoms with van der Waals surface area (Å²) in [6.45, 7) is 1.99. The van der Waals surface area contributed by atoms with E-state index >= 15 is 0 Å². The van der Waals surface area contributed by atoms with Crippen LogP contribution in [0.4, 0.5) is 0 Å². The van der Waals surface area contributed by atoms with Gasteiger partial charge in [0.1, 0.15) is 5.75 Å². The van der Waals surface area contributed by atoms with E-state index in [4.69, 9.17) is 5.73 Å². The van der Waals surface area contributed by atoms with Crippen molar-refractivity contribution in [1.82, 2.24) is 4.90 Å². The van der Waals surface area contributed by atoms with Crippen LogP contribution in [0.3, 0.4) is 0 Å². The molecule has 1 aromatic carbocycles. The van der Waals surface area contributed by atoms with Gasteiger partial charge in [0.25, 0.3) is 5.91 Å². The second-order valence-electron chi connectivity index (χ2n) is 3.45. The molecule has 2 amide bonds. The molecule has 1 aromatic rings. The Morgan fingerprint density at radius 1 is 1.47 bits per heavy atom. The van der Waals surface area contributed by atoms with Gasteiger partial charge in [0.05, 0.1) is 11.0 Å². The molecule has 0 spiro atoms. The van der Waals surface area contributed by atoms with Gasteiger partial charge in [-0.25, -0.2) is 0 Å². The van der Waals surface area contributed by atoms with Crippen molar-refractivity contribution >= 4 is 27.7 Å². The van der Waals surface area contributed by atoms with Crippen LogP contribution in [0.5, 0.6) is 5.75 Å². The molecule has 17 heavy (non-hydrogen) atoms. The van der Waals surface area contributed by atoms with Crippen molar-refractivity contribution in [2.75, 3.05) is 13.1 Å². The SMILES string of the molecule is CCN(CC(N)=O)C(=O)c1ccc(Br)c(O)c1. The van der Waals surface area contributed by atoms with Crippen molar-refractivity contribution in [2.24, 2.45) is 5.73 Å². The highest BCUT2D eigenvalue weighted by Crippen LogP contribution is 2.24. The van der Waals surface area contributed by atoms with Crippen LogP contribution in [0.1, 0.15) is 17.3 Å². The number of carbonyl (C=O) groups excluding carboxylic acids is 2. The number of amides is 2. The third kappa shape index (κ3) is 3.45. The second-order valence-corrected chi connectivity index (χ2v) is 4.31. The zero-order valence-corrected chi connectivity index (χ0v) is 10.9. The highest BCUT2D eigenvalue weighted by Gasteiger charge is 2.16. The summed E-state index contributed by atoms with van der Waals surface area (Å²) in [4.78, 5) is 24.1. The number of rotatable bonds is 4. The predicted octanol–water partition coefficient (Wildman–Crippen LogP) is 1.10. The molecular weight excluding hydrogens is 288 g/mol. The van der Waals surface area contributed by atoms with Crippen molar-refractivity contribution in [3.63, 3.8) is 0 Å². The molecule has 3 N–H and O–H groups in total.